The Kier molecular flexibility index (Phi) is 12.9. The van der Waals surface area contributed by atoms with E-state index in [0.29, 0.717) is 16.7 Å². The van der Waals surface area contributed by atoms with Crippen LogP contribution >= 0.6 is 0 Å². The molecular formula is C35H43N3O9. The normalized spacial score (nSPS) is 22.7. The molecular weight excluding hydrogens is 606 g/mol. The monoisotopic (exact) mass is 649 g/mol. The van der Waals surface area contributed by atoms with Crippen LogP contribution in [0, 0.1) is 5.92 Å². The Labute approximate surface area is 274 Å². The van der Waals surface area contributed by atoms with Crippen LogP contribution in [0.4, 0.5) is 16.2 Å². The molecule has 1 aliphatic rings. The number of nitrogens with two attached hydrogens (primary N) is 1. The second-order valence-electron chi connectivity index (χ2n) is 11.4. The summed E-state index contributed by atoms with van der Waals surface area (Å²) in [6.07, 6.45) is 3.50. The Balaban J connectivity index is 2.18. The quantitative estimate of drug-likeness (QED) is 0.146. The van der Waals surface area contributed by atoms with Crippen molar-refractivity contribution in [2.45, 2.75) is 58.5 Å². The van der Waals surface area contributed by atoms with Gasteiger partial charge in [-0.2, -0.15) is 0 Å². The maximum Gasteiger partial charge on any atom is 0.405 e. The summed E-state index contributed by atoms with van der Waals surface area (Å²) in [5.41, 5.74) is 6.90. The van der Waals surface area contributed by atoms with E-state index in [0.717, 1.165) is 6.07 Å². The lowest BCUT2D eigenvalue weighted by molar-refractivity contribution is -0.112. The van der Waals surface area contributed by atoms with Crippen molar-refractivity contribution in [3.8, 4) is 11.5 Å². The number of rotatable bonds is 5. The smallest absolute Gasteiger partial charge is 0.405 e. The van der Waals surface area contributed by atoms with Gasteiger partial charge in [0.2, 0.25) is 0 Å². The number of primary amides is 1. The average Bonchev–Trinajstić information content (AvgIpc) is 3.04. The van der Waals surface area contributed by atoms with Gasteiger partial charge in [-0.1, -0.05) is 55.0 Å². The van der Waals surface area contributed by atoms with Gasteiger partial charge < -0.3 is 45.9 Å². The number of allylic oxidation sites excluding steroid dienone is 2. The fourth-order valence-corrected chi connectivity index (χ4v) is 5.19. The van der Waals surface area contributed by atoms with Gasteiger partial charge in [0.15, 0.2) is 6.10 Å². The summed E-state index contributed by atoms with van der Waals surface area (Å²) >= 11 is 0. The van der Waals surface area contributed by atoms with Crippen LogP contribution in [0.1, 0.15) is 50.0 Å². The zero-order chi connectivity index (χ0) is 34.8. The largest absolute Gasteiger partial charge is 0.506 e. The molecule has 5 atom stereocenters. The SMILES string of the molecule is CO[C@H]1C=CC=C(C)C(=O)Nc2cc(O)c(NC(=O)c3ccccc3)c(c2O)C=C(C)C[C@H](OC)[C@H](O)[C@@H](C)C=C(C)[C@@H]1OC(N)=O. The predicted molar refractivity (Wildman–Crippen MR) is 179 cm³/mol. The standard InChI is InChI=1S/C35H43N3O9/c1-19-15-24-29(38-34(43)23-12-8-7-9-13-23)26(39)18-25(31(24)41)37-33(42)20(2)11-10-14-27(45-5)32(47-35(36)44)22(4)17-21(3)30(40)28(16-19)46-6/h7-15,17-18,21,27-28,30,32,39-41H,16H2,1-6H3,(H2,36,44)(H,37,42)(H,38,43)/t21-,27-,28-,30+,32-/m0/s1. The molecule has 1 heterocycles. The lowest BCUT2D eigenvalue weighted by Gasteiger charge is -2.28. The number of methoxy groups -OCH3 is 2. The van der Waals surface area contributed by atoms with Gasteiger partial charge in [-0.3, -0.25) is 9.59 Å². The summed E-state index contributed by atoms with van der Waals surface area (Å²) < 4.78 is 16.6. The molecule has 2 aromatic carbocycles. The van der Waals surface area contributed by atoms with Crippen LogP contribution in [0.15, 0.2) is 77.4 Å². The number of aliphatic hydroxyl groups excluding tert-OH is 1. The van der Waals surface area contributed by atoms with E-state index in [1.165, 1.54) is 39.4 Å². The van der Waals surface area contributed by atoms with Crippen molar-refractivity contribution in [3.05, 3.63) is 88.5 Å². The minimum Gasteiger partial charge on any atom is -0.506 e. The minimum atomic E-state index is -1.04. The van der Waals surface area contributed by atoms with Gasteiger partial charge in [-0.15, -0.1) is 0 Å². The Morgan fingerprint density at radius 1 is 1.06 bits per heavy atom. The first kappa shape index (κ1) is 36.6. The first-order valence-corrected chi connectivity index (χ1v) is 14.9. The van der Waals surface area contributed by atoms with Gasteiger partial charge in [0.25, 0.3) is 11.8 Å². The van der Waals surface area contributed by atoms with Crippen molar-refractivity contribution in [1.82, 2.24) is 0 Å². The van der Waals surface area contributed by atoms with Gasteiger partial charge >= 0.3 is 6.09 Å². The highest BCUT2D eigenvalue weighted by atomic mass is 16.6. The lowest BCUT2D eigenvalue weighted by Crippen LogP contribution is -2.36. The molecule has 252 valence electrons. The van der Waals surface area contributed by atoms with Gasteiger partial charge in [-0.05, 0) is 51.0 Å². The van der Waals surface area contributed by atoms with Crippen molar-refractivity contribution < 1.29 is 43.9 Å². The lowest BCUT2D eigenvalue weighted by atomic mass is 9.91. The van der Waals surface area contributed by atoms with Crippen LogP contribution in [0.25, 0.3) is 6.08 Å². The molecule has 3 rings (SSSR count). The highest BCUT2D eigenvalue weighted by Crippen LogP contribution is 2.42. The molecule has 0 saturated heterocycles. The summed E-state index contributed by atoms with van der Waals surface area (Å²) in [5, 5.41) is 39.0. The summed E-state index contributed by atoms with van der Waals surface area (Å²) in [5.74, 6) is -2.45. The zero-order valence-corrected chi connectivity index (χ0v) is 27.3. The second-order valence-corrected chi connectivity index (χ2v) is 11.4. The fourth-order valence-electron chi connectivity index (χ4n) is 5.19. The van der Waals surface area contributed by atoms with Crippen LogP contribution < -0.4 is 16.4 Å². The summed E-state index contributed by atoms with van der Waals surface area (Å²) in [7, 11) is 2.87. The van der Waals surface area contributed by atoms with E-state index >= 15 is 0 Å². The van der Waals surface area contributed by atoms with Gasteiger partial charge in [0, 0.05) is 42.9 Å². The van der Waals surface area contributed by atoms with Crippen LogP contribution in [-0.2, 0) is 19.0 Å². The first-order chi connectivity index (χ1) is 22.3. The maximum atomic E-state index is 13.1. The molecule has 0 aliphatic carbocycles. The number of benzene rings is 2. The van der Waals surface area contributed by atoms with Crippen molar-refractivity contribution >= 4 is 35.4 Å². The molecule has 12 nitrogen and oxygen atoms in total. The Morgan fingerprint density at radius 2 is 1.74 bits per heavy atom. The molecule has 12 heteroatoms. The third-order valence-electron chi connectivity index (χ3n) is 7.77. The molecule has 0 radical (unpaired) electrons. The maximum absolute atomic E-state index is 13.1. The molecule has 3 amide bonds. The number of nitrogens with one attached hydrogen (secondary N) is 2. The first-order valence-electron chi connectivity index (χ1n) is 14.9. The van der Waals surface area contributed by atoms with Crippen molar-refractivity contribution in [1.29, 1.82) is 0 Å². The predicted octanol–water partition coefficient (Wildman–Crippen LogP) is 5.04. The van der Waals surface area contributed by atoms with Crippen molar-refractivity contribution in [3.63, 3.8) is 0 Å². The van der Waals surface area contributed by atoms with E-state index < -0.39 is 59.7 Å². The highest BCUT2D eigenvalue weighted by Gasteiger charge is 2.29. The van der Waals surface area contributed by atoms with E-state index in [1.807, 2.05) is 0 Å². The van der Waals surface area contributed by atoms with Crippen molar-refractivity contribution in [2.75, 3.05) is 24.9 Å². The number of fused-ring (bicyclic) bond motifs is 2. The van der Waals surface area contributed by atoms with Gasteiger partial charge in [-0.25, -0.2) is 4.79 Å². The number of hydrogen-bond acceptors (Lipinski definition) is 9. The Bertz CT molecular complexity index is 1580. The average molecular weight is 650 g/mol. The number of phenols is 2. The Hall–Kier alpha value is -4.91. The van der Waals surface area contributed by atoms with Crippen molar-refractivity contribution in [2.24, 2.45) is 11.7 Å². The van der Waals surface area contributed by atoms with E-state index in [-0.39, 0.29) is 28.9 Å². The molecule has 0 spiro atoms. The molecule has 0 saturated carbocycles. The summed E-state index contributed by atoms with van der Waals surface area (Å²) in [6, 6.07) is 9.47. The van der Waals surface area contributed by atoms with Crippen LogP contribution in [0.5, 0.6) is 11.5 Å². The molecule has 0 fully saturated rings. The third-order valence-corrected chi connectivity index (χ3v) is 7.77. The topological polar surface area (TPSA) is 190 Å². The summed E-state index contributed by atoms with van der Waals surface area (Å²) in [4.78, 5) is 38.0. The second kappa shape index (κ2) is 16.6. The van der Waals surface area contributed by atoms with Gasteiger partial charge in [0.05, 0.1) is 23.6 Å². The molecule has 0 aromatic heterocycles. The number of carbonyl (C=O) groups is 3. The number of amides is 3. The minimum absolute atomic E-state index is 0.0315. The number of ether oxygens (including phenoxy) is 3. The number of hydrogen-bond donors (Lipinski definition) is 6. The van der Waals surface area contributed by atoms with Crippen LogP contribution in [0.2, 0.25) is 0 Å². The van der Waals surface area contributed by atoms with E-state index in [2.05, 4.69) is 10.6 Å². The highest BCUT2D eigenvalue weighted by molar-refractivity contribution is 6.08. The third kappa shape index (κ3) is 9.55. The molecule has 2 bridgehead atoms. The number of phenolic OH excluding ortho intramolecular Hbond substituents is 2. The van der Waals surface area contributed by atoms with Crippen LogP contribution in [0.3, 0.4) is 0 Å². The molecule has 7 N–H and O–H groups in total. The molecule has 47 heavy (non-hydrogen) atoms. The zero-order valence-electron chi connectivity index (χ0n) is 27.3. The van der Waals surface area contributed by atoms with Crippen LogP contribution in [-0.4, -0.2) is 71.9 Å². The fraction of sp³-hybridized carbons (Fsp3) is 0.343. The molecule has 0 unspecified atom stereocenters. The number of carbonyl (C=O) groups excluding carboxylic acids is 3. The number of aliphatic hydroxyl groups is 1. The number of aromatic hydroxyl groups is 2. The van der Waals surface area contributed by atoms with E-state index in [4.69, 9.17) is 19.9 Å². The van der Waals surface area contributed by atoms with Gasteiger partial charge in [0.1, 0.15) is 17.6 Å². The Morgan fingerprint density at radius 3 is 2.36 bits per heavy atom. The number of anilines is 2. The molecule has 2 aromatic rings. The van der Waals surface area contributed by atoms with E-state index in [1.54, 1.807) is 63.3 Å². The summed E-state index contributed by atoms with van der Waals surface area (Å²) in [6.45, 7) is 6.76. The van der Waals surface area contributed by atoms with E-state index in [9.17, 15) is 29.7 Å². The molecule has 1 aliphatic heterocycles.